The molecule has 1 aromatic carbocycles. The van der Waals surface area contributed by atoms with Crippen LogP contribution in [-0.2, 0) is 22.6 Å². The number of carbonyl (C=O) groups is 1. The Kier molecular flexibility index (Phi) is 6.95. The average Bonchev–Trinajstić information content (AvgIpc) is 3.50. The fraction of sp³-hybridized carbons (Fsp3) is 0.385. The minimum absolute atomic E-state index is 0.0332. The highest BCUT2D eigenvalue weighted by Crippen LogP contribution is 2.34. The number of hydrogen-bond acceptors (Lipinski definition) is 8. The van der Waals surface area contributed by atoms with Crippen molar-refractivity contribution in [2.75, 3.05) is 44.0 Å². The lowest BCUT2D eigenvalue weighted by Gasteiger charge is -2.26. The smallest absolute Gasteiger partial charge is 0.244 e. The topological polar surface area (TPSA) is 111 Å². The summed E-state index contributed by atoms with van der Waals surface area (Å²) in [6.07, 6.45) is 3.60. The quantitative estimate of drug-likeness (QED) is 0.374. The Labute approximate surface area is 215 Å². The zero-order chi connectivity index (χ0) is 25.9. The van der Waals surface area contributed by atoms with Crippen molar-refractivity contribution < 1.29 is 14.3 Å². The van der Waals surface area contributed by atoms with E-state index in [1.165, 1.54) is 0 Å². The minimum Gasteiger partial charge on any atom is -0.496 e. The minimum atomic E-state index is 0.0332. The fourth-order valence-corrected chi connectivity index (χ4v) is 4.53. The Balaban J connectivity index is 1.35. The third-order valence-corrected chi connectivity index (χ3v) is 6.58. The van der Waals surface area contributed by atoms with Crippen molar-refractivity contribution in [2.45, 2.75) is 33.9 Å². The largest absolute Gasteiger partial charge is 0.496 e. The molecule has 0 radical (unpaired) electrons. The number of methoxy groups -OCH3 is 1. The number of fused-ring (bicyclic) bond motifs is 1. The first-order chi connectivity index (χ1) is 18.0. The van der Waals surface area contributed by atoms with Crippen LogP contribution in [0.25, 0.3) is 10.9 Å². The second kappa shape index (κ2) is 10.5. The van der Waals surface area contributed by atoms with Crippen molar-refractivity contribution in [1.29, 1.82) is 0 Å². The van der Waals surface area contributed by atoms with Gasteiger partial charge in [0.15, 0.2) is 11.6 Å². The fourth-order valence-electron chi connectivity index (χ4n) is 4.53. The van der Waals surface area contributed by atoms with E-state index < -0.39 is 0 Å². The lowest BCUT2D eigenvalue weighted by atomic mass is 10.1. The summed E-state index contributed by atoms with van der Waals surface area (Å²) in [5.74, 6) is 2.85. The summed E-state index contributed by atoms with van der Waals surface area (Å²) in [5, 5.41) is 17.0. The first-order valence-electron chi connectivity index (χ1n) is 12.4. The highest BCUT2D eigenvalue weighted by molar-refractivity contribution is 5.93. The first-order valence-corrected chi connectivity index (χ1v) is 12.4. The van der Waals surface area contributed by atoms with Crippen LogP contribution in [0.5, 0.6) is 5.75 Å². The van der Waals surface area contributed by atoms with Crippen LogP contribution in [0.15, 0.2) is 36.7 Å². The number of nitrogens with zero attached hydrogens (tertiary/aromatic N) is 6. The van der Waals surface area contributed by atoms with Gasteiger partial charge in [-0.3, -0.25) is 14.2 Å². The van der Waals surface area contributed by atoms with E-state index in [0.717, 1.165) is 39.3 Å². The molecule has 5 rings (SSSR count). The predicted octanol–water partition coefficient (Wildman–Crippen LogP) is 3.62. The molecule has 0 saturated carbocycles. The molecule has 4 aromatic rings. The van der Waals surface area contributed by atoms with E-state index in [9.17, 15) is 4.79 Å². The normalized spacial score (nSPS) is 13.7. The van der Waals surface area contributed by atoms with Gasteiger partial charge in [-0.05, 0) is 32.4 Å². The number of anilines is 4. The van der Waals surface area contributed by atoms with Gasteiger partial charge in [-0.15, -0.1) is 0 Å². The van der Waals surface area contributed by atoms with Crippen molar-refractivity contribution in [3.63, 3.8) is 0 Å². The van der Waals surface area contributed by atoms with Crippen molar-refractivity contribution in [3.8, 4) is 5.75 Å². The zero-order valence-electron chi connectivity index (χ0n) is 21.6. The summed E-state index contributed by atoms with van der Waals surface area (Å²) < 4.78 is 14.4. The zero-order valence-corrected chi connectivity index (χ0v) is 21.6. The summed E-state index contributed by atoms with van der Waals surface area (Å²) in [6, 6.07) is 7.79. The number of ether oxygens (including phenoxy) is 2. The van der Waals surface area contributed by atoms with Crippen LogP contribution in [0.3, 0.4) is 0 Å². The van der Waals surface area contributed by atoms with E-state index in [-0.39, 0.29) is 12.5 Å². The lowest BCUT2D eigenvalue weighted by molar-refractivity contribution is -0.136. The number of pyridine rings is 1. The Morgan fingerprint density at radius 3 is 2.68 bits per heavy atom. The van der Waals surface area contributed by atoms with Crippen LogP contribution in [0.1, 0.15) is 18.1 Å². The maximum Gasteiger partial charge on any atom is 0.244 e. The van der Waals surface area contributed by atoms with Crippen molar-refractivity contribution >= 4 is 40.0 Å². The van der Waals surface area contributed by atoms with Gasteiger partial charge in [0.2, 0.25) is 5.91 Å². The molecule has 1 saturated heterocycles. The van der Waals surface area contributed by atoms with E-state index in [1.807, 2.05) is 42.1 Å². The highest BCUT2D eigenvalue weighted by atomic mass is 16.5. The molecule has 0 aliphatic carbocycles. The second-order valence-electron chi connectivity index (χ2n) is 8.98. The van der Waals surface area contributed by atoms with Crippen molar-refractivity contribution in [2.24, 2.45) is 0 Å². The molecule has 1 fully saturated rings. The number of carbonyl (C=O) groups excluding carboxylic acids is 1. The number of rotatable bonds is 8. The van der Waals surface area contributed by atoms with Crippen LogP contribution in [0, 0.1) is 13.8 Å². The van der Waals surface area contributed by atoms with Gasteiger partial charge in [-0.25, -0.2) is 4.98 Å². The Bertz CT molecular complexity index is 1420. The van der Waals surface area contributed by atoms with Gasteiger partial charge in [-0.1, -0.05) is 6.07 Å². The standard InChI is InChI=1S/C26H32N8O3/c1-5-34-20-14-23(28-22-8-9-33(30-22)16-24(35)32-10-12-37-13-11-32)27-15-19(20)26(31-34)29-25-17(2)6-7-21(36-4)18(25)3/h6-9,14-15H,5,10-13,16H2,1-4H3,(H,29,31)(H,27,28,30). The van der Waals surface area contributed by atoms with Gasteiger partial charge < -0.3 is 25.0 Å². The monoisotopic (exact) mass is 504 g/mol. The number of aromatic nitrogens is 5. The molecule has 194 valence electrons. The maximum atomic E-state index is 12.5. The lowest BCUT2D eigenvalue weighted by Crippen LogP contribution is -2.42. The molecule has 0 spiro atoms. The maximum absolute atomic E-state index is 12.5. The van der Waals surface area contributed by atoms with Gasteiger partial charge >= 0.3 is 0 Å². The molecule has 11 heteroatoms. The predicted molar refractivity (Wildman–Crippen MR) is 142 cm³/mol. The molecule has 3 aromatic heterocycles. The molecule has 0 bridgehead atoms. The molecule has 37 heavy (non-hydrogen) atoms. The SMILES string of the molecule is CCn1nc(Nc2c(C)ccc(OC)c2C)c2cnc(Nc3ccn(CC(=O)N4CCOCC4)n3)cc21. The Morgan fingerprint density at radius 2 is 1.92 bits per heavy atom. The third-order valence-electron chi connectivity index (χ3n) is 6.58. The molecule has 4 heterocycles. The van der Waals surface area contributed by atoms with Crippen LogP contribution in [0.4, 0.5) is 23.1 Å². The number of morpholine rings is 1. The van der Waals surface area contributed by atoms with Gasteiger partial charge in [-0.2, -0.15) is 10.2 Å². The number of nitrogens with one attached hydrogen (secondary N) is 2. The number of benzene rings is 1. The van der Waals surface area contributed by atoms with E-state index >= 15 is 0 Å². The number of hydrogen-bond donors (Lipinski definition) is 2. The van der Waals surface area contributed by atoms with Crippen LogP contribution < -0.4 is 15.4 Å². The second-order valence-corrected chi connectivity index (χ2v) is 8.98. The van der Waals surface area contributed by atoms with E-state index in [1.54, 1.807) is 22.9 Å². The first kappa shape index (κ1) is 24.6. The molecule has 1 aliphatic heterocycles. The molecular formula is C26H32N8O3. The van der Waals surface area contributed by atoms with Gasteiger partial charge in [0.1, 0.15) is 18.1 Å². The highest BCUT2D eigenvalue weighted by Gasteiger charge is 2.18. The molecule has 1 aliphatic rings. The molecule has 1 amide bonds. The van der Waals surface area contributed by atoms with Crippen LogP contribution in [-0.4, -0.2) is 68.8 Å². The molecular weight excluding hydrogens is 472 g/mol. The molecule has 11 nitrogen and oxygen atoms in total. The van der Waals surface area contributed by atoms with E-state index in [0.29, 0.717) is 44.5 Å². The molecule has 0 atom stereocenters. The van der Waals surface area contributed by atoms with Crippen LogP contribution in [0.2, 0.25) is 0 Å². The van der Waals surface area contributed by atoms with Gasteiger partial charge in [0.25, 0.3) is 0 Å². The van der Waals surface area contributed by atoms with Crippen molar-refractivity contribution in [3.05, 3.63) is 47.8 Å². The summed E-state index contributed by atoms with van der Waals surface area (Å²) in [6.45, 7) is 9.43. The summed E-state index contributed by atoms with van der Waals surface area (Å²) >= 11 is 0. The van der Waals surface area contributed by atoms with E-state index in [2.05, 4.69) is 34.6 Å². The average molecular weight is 505 g/mol. The summed E-state index contributed by atoms with van der Waals surface area (Å²) in [4.78, 5) is 18.9. The number of amides is 1. The summed E-state index contributed by atoms with van der Waals surface area (Å²) in [5.41, 5.74) is 4.05. The summed E-state index contributed by atoms with van der Waals surface area (Å²) in [7, 11) is 1.67. The number of aryl methyl sites for hydroxylation is 2. The molecule has 0 unspecified atom stereocenters. The molecule has 2 N–H and O–H groups in total. The Morgan fingerprint density at radius 1 is 1.11 bits per heavy atom. The van der Waals surface area contributed by atoms with Crippen LogP contribution >= 0.6 is 0 Å². The van der Waals surface area contributed by atoms with Crippen molar-refractivity contribution in [1.82, 2.24) is 29.4 Å². The van der Waals surface area contributed by atoms with Gasteiger partial charge in [0.05, 0.1) is 31.2 Å². The Hall–Kier alpha value is -4.12. The third kappa shape index (κ3) is 5.08. The van der Waals surface area contributed by atoms with E-state index in [4.69, 9.17) is 14.6 Å². The van der Waals surface area contributed by atoms with Gasteiger partial charge in [0, 0.05) is 55.4 Å².